The van der Waals surface area contributed by atoms with Crippen LogP contribution in [-0.4, -0.2) is 55.0 Å². The lowest BCUT2D eigenvalue weighted by Crippen LogP contribution is -2.38. The number of carbonyl (C=O) groups excluding carboxylic acids is 2. The van der Waals surface area contributed by atoms with Gasteiger partial charge in [0.25, 0.3) is 5.91 Å². The van der Waals surface area contributed by atoms with Crippen molar-refractivity contribution in [2.75, 3.05) is 6.54 Å². The van der Waals surface area contributed by atoms with E-state index in [9.17, 15) is 14.0 Å². The summed E-state index contributed by atoms with van der Waals surface area (Å²) < 4.78 is 18.0. The number of aryl methyl sites for hydroxylation is 2. The quantitative estimate of drug-likeness (QED) is 0.638. The van der Waals surface area contributed by atoms with E-state index in [2.05, 4.69) is 33.1 Å². The first-order valence-corrected chi connectivity index (χ1v) is 11.2. The van der Waals surface area contributed by atoms with Crippen LogP contribution in [0.25, 0.3) is 10.9 Å². The van der Waals surface area contributed by atoms with E-state index in [1.165, 1.54) is 45.9 Å². The molecule has 32 heavy (non-hydrogen) atoms. The second-order valence-electron chi connectivity index (χ2n) is 8.77. The van der Waals surface area contributed by atoms with Crippen molar-refractivity contribution in [1.82, 2.24) is 24.5 Å². The summed E-state index contributed by atoms with van der Waals surface area (Å²) in [7, 11) is 0. The van der Waals surface area contributed by atoms with Gasteiger partial charge in [-0.25, -0.2) is 9.07 Å². The van der Waals surface area contributed by atoms with E-state index >= 15 is 0 Å². The third kappa shape index (κ3) is 3.76. The summed E-state index contributed by atoms with van der Waals surface area (Å²) in [5.74, 6) is -0.728. The number of hydrogen-bond acceptors (Lipinski definition) is 4. The molecule has 0 bridgehead atoms. The average Bonchev–Trinajstić information content (AvgIpc) is 3.48. The van der Waals surface area contributed by atoms with Gasteiger partial charge in [0.05, 0.1) is 25.3 Å². The van der Waals surface area contributed by atoms with Gasteiger partial charge in [0.1, 0.15) is 6.17 Å². The number of primary amides is 1. The second kappa shape index (κ2) is 8.37. The maximum atomic E-state index is 14.2. The first kappa shape index (κ1) is 20.7. The Morgan fingerprint density at radius 2 is 2.00 bits per heavy atom. The number of carbonyl (C=O) groups is 2. The van der Waals surface area contributed by atoms with E-state index < -0.39 is 12.1 Å². The molecule has 5 rings (SSSR count). The Morgan fingerprint density at radius 1 is 1.19 bits per heavy atom. The van der Waals surface area contributed by atoms with Gasteiger partial charge in [-0.2, -0.15) is 0 Å². The average molecular weight is 439 g/mol. The number of para-hydroxylation sites is 1. The number of fused-ring (bicyclic) bond motifs is 3. The van der Waals surface area contributed by atoms with Crippen molar-refractivity contribution >= 4 is 22.7 Å². The third-order valence-electron chi connectivity index (χ3n) is 6.71. The monoisotopic (exact) mass is 438 g/mol. The van der Waals surface area contributed by atoms with E-state index in [0.29, 0.717) is 13.0 Å². The van der Waals surface area contributed by atoms with Gasteiger partial charge in [0.15, 0.2) is 5.69 Å². The van der Waals surface area contributed by atoms with Crippen LogP contribution in [0.1, 0.15) is 47.4 Å². The predicted octanol–water partition coefficient (Wildman–Crippen LogP) is 2.24. The molecule has 1 fully saturated rings. The Hall–Kier alpha value is -3.23. The van der Waals surface area contributed by atoms with Crippen LogP contribution in [0, 0.1) is 0 Å². The molecule has 2 atom stereocenters. The first-order chi connectivity index (χ1) is 15.5. The molecule has 0 saturated carbocycles. The maximum Gasteiger partial charge on any atom is 0.270 e. The zero-order chi connectivity index (χ0) is 22.2. The van der Waals surface area contributed by atoms with Crippen molar-refractivity contribution in [3.05, 3.63) is 47.4 Å². The lowest BCUT2D eigenvalue weighted by atomic mass is 9.95. The lowest BCUT2D eigenvalue weighted by molar-refractivity contribution is -0.132. The van der Waals surface area contributed by atoms with Gasteiger partial charge in [-0.15, -0.1) is 5.10 Å². The van der Waals surface area contributed by atoms with E-state index in [1.54, 1.807) is 4.90 Å². The highest BCUT2D eigenvalue weighted by atomic mass is 19.1. The van der Waals surface area contributed by atoms with E-state index in [-0.39, 0.29) is 37.2 Å². The predicted molar refractivity (Wildman–Crippen MR) is 117 cm³/mol. The van der Waals surface area contributed by atoms with Crippen LogP contribution in [0.5, 0.6) is 0 Å². The maximum absolute atomic E-state index is 14.2. The van der Waals surface area contributed by atoms with Gasteiger partial charge in [-0.05, 0) is 37.3 Å². The Balaban J connectivity index is 1.31. The fourth-order valence-corrected chi connectivity index (χ4v) is 5.25. The number of aromatic nitrogens is 4. The molecule has 1 saturated heterocycles. The molecule has 9 heteroatoms. The van der Waals surface area contributed by atoms with Gasteiger partial charge in [0, 0.05) is 36.0 Å². The largest absolute Gasteiger partial charge is 0.364 e. The fourth-order valence-electron chi connectivity index (χ4n) is 5.25. The van der Waals surface area contributed by atoms with Crippen LogP contribution in [0.4, 0.5) is 4.39 Å². The van der Waals surface area contributed by atoms with Crippen LogP contribution < -0.4 is 5.73 Å². The molecule has 2 amide bonds. The highest BCUT2D eigenvalue weighted by Crippen LogP contribution is 2.32. The van der Waals surface area contributed by atoms with Crippen LogP contribution in [-0.2, 0) is 30.7 Å². The summed E-state index contributed by atoms with van der Waals surface area (Å²) >= 11 is 0. The number of nitrogens with two attached hydrogens (primary N) is 1. The fraction of sp³-hybridized carbons (Fsp3) is 0.478. The molecule has 2 aromatic heterocycles. The van der Waals surface area contributed by atoms with Crippen molar-refractivity contribution in [2.45, 2.75) is 63.8 Å². The minimum atomic E-state index is -1.07. The third-order valence-corrected chi connectivity index (χ3v) is 6.71. The van der Waals surface area contributed by atoms with E-state index in [4.69, 9.17) is 5.73 Å². The van der Waals surface area contributed by atoms with Gasteiger partial charge < -0.3 is 15.2 Å². The summed E-state index contributed by atoms with van der Waals surface area (Å²) in [6, 6.07) is 8.07. The summed E-state index contributed by atoms with van der Waals surface area (Å²) in [6.45, 7) is 0.962. The molecule has 1 aromatic carbocycles. The van der Waals surface area contributed by atoms with Crippen LogP contribution in [0.3, 0.4) is 0 Å². The van der Waals surface area contributed by atoms with Crippen molar-refractivity contribution in [1.29, 1.82) is 0 Å². The zero-order valence-corrected chi connectivity index (χ0v) is 17.9. The van der Waals surface area contributed by atoms with Crippen molar-refractivity contribution in [3.63, 3.8) is 0 Å². The minimum absolute atomic E-state index is 0.0573. The van der Waals surface area contributed by atoms with Gasteiger partial charge in [-0.1, -0.05) is 23.4 Å². The highest BCUT2D eigenvalue weighted by Gasteiger charge is 2.35. The number of halogens is 1. The zero-order valence-electron chi connectivity index (χ0n) is 17.9. The van der Waals surface area contributed by atoms with E-state index in [0.717, 1.165) is 12.8 Å². The van der Waals surface area contributed by atoms with Crippen molar-refractivity contribution in [3.8, 4) is 0 Å². The molecule has 3 heterocycles. The first-order valence-electron chi connectivity index (χ1n) is 11.2. The summed E-state index contributed by atoms with van der Waals surface area (Å²) in [6.07, 6.45) is 5.42. The van der Waals surface area contributed by atoms with Crippen molar-refractivity contribution in [2.24, 2.45) is 5.73 Å². The second-order valence-corrected chi connectivity index (χ2v) is 8.77. The molecule has 168 valence electrons. The molecule has 8 nitrogen and oxygen atoms in total. The van der Waals surface area contributed by atoms with Crippen LogP contribution in [0.15, 0.2) is 30.5 Å². The molecule has 3 aromatic rings. The van der Waals surface area contributed by atoms with Crippen molar-refractivity contribution < 1.29 is 14.0 Å². The normalized spacial score (nSPS) is 20.6. The SMILES string of the molecule is NC(=O)c1cn(C[C@@H]2C[C@H](F)CN2C(=O)CCn2c3c(c4ccccc42)CCCC3)nn1. The molecular weight excluding hydrogens is 411 g/mol. The number of nitrogens with zero attached hydrogens (tertiary/aromatic N) is 5. The number of alkyl halides is 1. The number of amides is 2. The Kier molecular flexibility index (Phi) is 5.40. The molecule has 2 N–H and O–H groups in total. The molecule has 0 radical (unpaired) electrons. The Morgan fingerprint density at radius 3 is 2.81 bits per heavy atom. The van der Waals surface area contributed by atoms with Gasteiger partial charge in [-0.3, -0.25) is 9.59 Å². The number of hydrogen-bond donors (Lipinski definition) is 1. The van der Waals surface area contributed by atoms with Crippen LogP contribution >= 0.6 is 0 Å². The number of rotatable bonds is 6. The lowest BCUT2D eigenvalue weighted by Gasteiger charge is -2.25. The topological polar surface area (TPSA) is 99.0 Å². The minimum Gasteiger partial charge on any atom is -0.364 e. The van der Waals surface area contributed by atoms with Crippen LogP contribution in [0.2, 0.25) is 0 Å². The van der Waals surface area contributed by atoms with E-state index in [1.807, 2.05) is 6.07 Å². The molecule has 0 spiro atoms. The molecule has 2 aliphatic rings. The van der Waals surface area contributed by atoms with Gasteiger partial charge in [0.2, 0.25) is 5.91 Å². The molecule has 1 aliphatic carbocycles. The molecule has 0 unspecified atom stereocenters. The smallest absolute Gasteiger partial charge is 0.270 e. The molecular formula is C23H27FN6O2. The Bertz CT molecular complexity index is 1170. The number of benzene rings is 1. The summed E-state index contributed by atoms with van der Waals surface area (Å²) in [5, 5.41) is 8.90. The summed E-state index contributed by atoms with van der Waals surface area (Å²) in [5.41, 5.74) is 9.21. The Labute approximate surface area is 185 Å². The highest BCUT2D eigenvalue weighted by molar-refractivity contribution is 5.90. The standard InChI is InChI=1S/C23H27FN6O2/c24-15-11-16(13-28-14-19(23(25)32)26-27-28)30(12-15)22(31)9-10-29-20-7-3-1-5-17(20)18-6-2-4-8-21(18)29/h1,3,5,7,14-16H,2,4,6,8-13H2,(H2,25,32)/t15-,16-/m0/s1. The van der Waals surface area contributed by atoms with Gasteiger partial charge >= 0.3 is 0 Å². The number of likely N-dealkylation sites (tertiary alicyclic amines) is 1. The molecule has 1 aliphatic heterocycles. The summed E-state index contributed by atoms with van der Waals surface area (Å²) in [4.78, 5) is 26.0.